The number of carbonyl (C=O) groups excluding carboxylic acids is 1. The summed E-state index contributed by atoms with van der Waals surface area (Å²) in [4.78, 5) is 14.6. The Labute approximate surface area is 127 Å². The lowest BCUT2D eigenvalue weighted by Crippen LogP contribution is -2.31. The highest BCUT2D eigenvalue weighted by molar-refractivity contribution is 14.1. The van der Waals surface area contributed by atoms with E-state index in [-0.39, 0.29) is 5.91 Å². The minimum absolute atomic E-state index is 0.0587. The van der Waals surface area contributed by atoms with E-state index in [1.54, 1.807) is 0 Å². The summed E-state index contributed by atoms with van der Waals surface area (Å²) in [5.74, 6) is 0.690. The average molecular weight is 370 g/mol. The van der Waals surface area contributed by atoms with Crippen LogP contribution in [0.15, 0.2) is 24.3 Å². The van der Waals surface area contributed by atoms with E-state index in [0.717, 1.165) is 28.3 Å². The van der Waals surface area contributed by atoms with Crippen LogP contribution < -0.4 is 5.32 Å². The molecule has 1 saturated carbocycles. The number of nitrogens with zero attached hydrogens (tertiary/aromatic N) is 1. The third kappa shape index (κ3) is 3.48. The molecular formula is C15H19IN2O. The van der Waals surface area contributed by atoms with Crippen LogP contribution in [0.5, 0.6) is 0 Å². The highest BCUT2D eigenvalue weighted by atomic mass is 127. The number of nitrogens with one attached hydrogen (secondary N) is 1. The molecule has 1 amide bonds. The van der Waals surface area contributed by atoms with Crippen molar-refractivity contribution in [3.05, 3.63) is 33.4 Å². The Hall–Kier alpha value is -0.620. The lowest BCUT2D eigenvalue weighted by atomic mass is 10.1. The normalized spacial score (nSPS) is 23.5. The topological polar surface area (TPSA) is 32.3 Å². The summed E-state index contributed by atoms with van der Waals surface area (Å²) in [6.45, 7) is 3.19. The second-order valence-corrected chi connectivity index (χ2v) is 6.85. The van der Waals surface area contributed by atoms with Gasteiger partial charge in [0, 0.05) is 28.3 Å². The molecule has 0 radical (unpaired) electrons. The van der Waals surface area contributed by atoms with Gasteiger partial charge in [-0.15, -0.1) is 0 Å². The van der Waals surface area contributed by atoms with E-state index in [0.29, 0.717) is 5.92 Å². The van der Waals surface area contributed by atoms with E-state index in [1.165, 1.54) is 25.8 Å². The van der Waals surface area contributed by atoms with Crippen LogP contribution in [0.4, 0.5) is 0 Å². The summed E-state index contributed by atoms with van der Waals surface area (Å²) >= 11 is 2.24. The van der Waals surface area contributed by atoms with Crippen LogP contribution in [0.2, 0.25) is 0 Å². The highest BCUT2D eigenvalue weighted by Crippen LogP contribution is 2.31. The maximum atomic E-state index is 12.1. The van der Waals surface area contributed by atoms with Gasteiger partial charge < -0.3 is 10.2 Å². The Morgan fingerprint density at radius 3 is 2.95 bits per heavy atom. The number of carbonyl (C=O) groups is 1. The van der Waals surface area contributed by atoms with Crippen LogP contribution in [0.1, 0.15) is 29.6 Å². The Morgan fingerprint density at radius 2 is 2.21 bits per heavy atom. The van der Waals surface area contributed by atoms with E-state index in [4.69, 9.17) is 0 Å². The standard InChI is InChI=1S/C15H19IN2O/c16-13-3-1-2-12(8-13)15(19)17-9-11-6-7-18(10-11)14-4-5-14/h1-3,8,11,14H,4-7,9-10H2,(H,17,19). The maximum Gasteiger partial charge on any atom is 0.251 e. The zero-order valence-corrected chi connectivity index (χ0v) is 13.1. The minimum atomic E-state index is 0.0587. The Morgan fingerprint density at radius 1 is 1.37 bits per heavy atom. The molecule has 1 aliphatic heterocycles. The first-order valence-electron chi connectivity index (χ1n) is 7.00. The van der Waals surface area contributed by atoms with Gasteiger partial charge >= 0.3 is 0 Å². The first-order chi connectivity index (χ1) is 9.22. The summed E-state index contributed by atoms with van der Waals surface area (Å²) in [7, 11) is 0. The molecule has 1 unspecified atom stereocenters. The number of hydrogen-bond acceptors (Lipinski definition) is 2. The zero-order chi connectivity index (χ0) is 13.2. The van der Waals surface area contributed by atoms with Crippen molar-refractivity contribution < 1.29 is 4.79 Å². The van der Waals surface area contributed by atoms with Crippen molar-refractivity contribution in [3.63, 3.8) is 0 Å². The largest absolute Gasteiger partial charge is 0.352 e. The quantitative estimate of drug-likeness (QED) is 0.827. The van der Waals surface area contributed by atoms with Crippen molar-refractivity contribution >= 4 is 28.5 Å². The van der Waals surface area contributed by atoms with Gasteiger partial charge in [0.15, 0.2) is 0 Å². The van der Waals surface area contributed by atoms with Crippen LogP contribution in [-0.2, 0) is 0 Å². The lowest BCUT2D eigenvalue weighted by molar-refractivity contribution is 0.0947. The summed E-state index contributed by atoms with van der Waals surface area (Å²) in [6, 6.07) is 8.60. The molecule has 1 N–H and O–H groups in total. The highest BCUT2D eigenvalue weighted by Gasteiger charge is 2.34. The van der Waals surface area contributed by atoms with Gasteiger partial charge in [0.2, 0.25) is 0 Å². The predicted octanol–water partition coefficient (Wildman–Crippen LogP) is 2.51. The second-order valence-electron chi connectivity index (χ2n) is 5.60. The number of benzene rings is 1. The van der Waals surface area contributed by atoms with Gasteiger partial charge in [-0.3, -0.25) is 4.79 Å². The zero-order valence-electron chi connectivity index (χ0n) is 10.9. The second kappa shape index (κ2) is 5.79. The van der Waals surface area contributed by atoms with Crippen molar-refractivity contribution in [3.8, 4) is 0 Å². The Bertz CT molecular complexity index is 473. The van der Waals surface area contributed by atoms with Crippen LogP contribution in [-0.4, -0.2) is 36.5 Å². The molecule has 0 spiro atoms. The molecule has 3 rings (SSSR count). The molecule has 1 saturated heterocycles. The van der Waals surface area contributed by atoms with Crippen molar-refractivity contribution in [1.82, 2.24) is 10.2 Å². The SMILES string of the molecule is O=C(NCC1CCN(C2CC2)C1)c1cccc(I)c1. The molecule has 2 fully saturated rings. The van der Waals surface area contributed by atoms with E-state index in [9.17, 15) is 4.79 Å². The molecule has 4 heteroatoms. The molecule has 1 aliphatic carbocycles. The number of likely N-dealkylation sites (tertiary alicyclic amines) is 1. The first kappa shape index (κ1) is 13.4. The van der Waals surface area contributed by atoms with Crippen LogP contribution in [0, 0.1) is 9.49 Å². The van der Waals surface area contributed by atoms with Crippen molar-refractivity contribution in [2.75, 3.05) is 19.6 Å². The average Bonchev–Trinajstić information content (AvgIpc) is 3.15. The van der Waals surface area contributed by atoms with Gasteiger partial charge in [0.05, 0.1) is 0 Å². The number of rotatable bonds is 4. The summed E-state index contributed by atoms with van der Waals surface area (Å²) in [5, 5.41) is 3.08. The monoisotopic (exact) mass is 370 g/mol. The van der Waals surface area contributed by atoms with E-state index < -0.39 is 0 Å². The van der Waals surface area contributed by atoms with Crippen molar-refractivity contribution in [2.24, 2.45) is 5.92 Å². The first-order valence-corrected chi connectivity index (χ1v) is 8.08. The fraction of sp³-hybridized carbons (Fsp3) is 0.533. The predicted molar refractivity (Wildman–Crippen MR) is 84.2 cm³/mol. The molecule has 1 aromatic rings. The third-order valence-corrected chi connectivity index (χ3v) is 4.69. The molecule has 2 aliphatic rings. The fourth-order valence-corrected chi connectivity index (χ4v) is 3.31. The van der Waals surface area contributed by atoms with E-state index in [2.05, 4.69) is 32.8 Å². The van der Waals surface area contributed by atoms with Gasteiger partial charge in [-0.25, -0.2) is 0 Å². The fourth-order valence-electron chi connectivity index (χ4n) is 2.77. The molecule has 1 atom stereocenters. The summed E-state index contributed by atoms with van der Waals surface area (Å²) in [6.07, 6.45) is 3.98. The molecule has 3 nitrogen and oxygen atoms in total. The summed E-state index contributed by atoms with van der Waals surface area (Å²) < 4.78 is 1.10. The van der Waals surface area contributed by atoms with Crippen molar-refractivity contribution in [2.45, 2.75) is 25.3 Å². The van der Waals surface area contributed by atoms with Crippen LogP contribution >= 0.6 is 22.6 Å². The molecule has 102 valence electrons. The number of amides is 1. The summed E-state index contributed by atoms with van der Waals surface area (Å²) in [5.41, 5.74) is 0.768. The van der Waals surface area contributed by atoms with Crippen LogP contribution in [0.3, 0.4) is 0 Å². The molecule has 1 heterocycles. The number of halogens is 1. The molecular weight excluding hydrogens is 351 g/mol. The maximum absolute atomic E-state index is 12.1. The van der Waals surface area contributed by atoms with Crippen molar-refractivity contribution in [1.29, 1.82) is 0 Å². The van der Waals surface area contributed by atoms with Gasteiger partial charge in [-0.1, -0.05) is 6.07 Å². The smallest absolute Gasteiger partial charge is 0.251 e. The minimum Gasteiger partial charge on any atom is -0.352 e. The lowest BCUT2D eigenvalue weighted by Gasteiger charge is -2.15. The molecule has 0 bridgehead atoms. The Balaban J connectivity index is 1.48. The third-order valence-electron chi connectivity index (χ3n) is 4.02. The molecule has 0 aromatic heterocycles. The number of hydrogen-bond donors (Lipinski definition) is 1. The van der Waals surface area contributed by atoms with E-state index >= 15 is 0 Å². The Kier molecular flexibility index (Phi) is 4.07. The van der Waals surface area contributed by atoms with Gasteiger partial charge in [0.1, 0.15) is 0 Å². The molecule has 1 aromatic carbocycles. The van der Waals surface area contributed by atoms with Gasteiger partial charge in [-0.05, 0) is 72.5 Å². The van der Waals surface area contributed by atoms with Crippen LogP contribution in [0.25, 0.3) is 0 Å². The van der Waals surface area contributed by atoms with E-state index in [1.807, 2.05) is 24.3 Å². The van der Waals surface area contributed by atoms with Gasteiger partial charge in [-0.2, -0.15) is 0 Å². The van der Waals surface area contributed by atoms with Gasteiger partial charge in [0.25, 0.3) is 5.91 Å². The molecule has 19 heavy (non-hydrogen) atoms.